The van der Waals surface area contributed by atoms with Gasteiger partial charge >= 0.3 is 0 Å². The number of nitrogen functional groups attached to an aromatic ring is 1. The molecule has 0 saturated heterocycles. The number of anilines is 1. The summed E-state index contributed by atoms with van der Waals surface area (Å²) in [7, 11) is 0. The smallest absolute Gasteiger partial charge is 0.216 e. The molecule has 0 bridgehead atoms. The lowest BCUT2D eigenvalue weighted by atomic mass is 10.2. The van der Waals surface area contributed by atoms with E-state index in [1.165, 1.54) is 19.2 Å². The summed E-state index contributed by atoms with van der Waals surface area (Å²) < 4.78 is 0. The highest BCUT2D eigenvalue weighted by atomic mass is 16.3. The minimum atomic E-state index is -0.0754. The van der Waals surface area contributed by atoms with Gasteiger partial charge in [-0.05, 0) is 0 Å². The van der Waals surface area contributed by atoms with E-state index in [1.807, 2.05) is 0 Å². The molecule has 5 heteroatoms. The molecule has 0 aromatic carbocycles. The average molecular weight is 219 g/mol. The summed E-state index contributed by atoms with van der Waals surface area (Å²) in [6.07, 6.45) is 2.03. The standard InChI is InChI=1S/C11H13N3O2/c1-8(15)13-5-3-2-4-9-6-10(16)11(12)14-7-9/h6-7,16H,3,5H2,1H3,(H2,12,14)(H,13,15). The van der Waals surface area contributed by atoms with Crippen molar-refractivity contribution in [2.75, 3.05) is 12.3 Å². The van der Waals surface area contributed by atoms with Gasteiger partial charge in [0.05, 0.1) is 0 Å². The van der Waals surface area contributed by atoms with Crippen molar-refractivity contribution in [2.45, 2.75) is 13.3 Å². The zero-order valence-electron chi connectivity index (χ0n) is 8.95. The molecule has 5 nitrogen and oxygen atoms in total. The molecule has 1 aromatic rings. The van der Waals surface area contributed by atoms with Gasteiger partial charge in [-0.15, -0.1) is 0 Å². The minimum Gasteiger partial charge on any atom is -0.504 e. The van der Waals surface area contributed by atoms with E-state index in [2.05, 4.69) is 22.1 Å². The van der Waals surface area contributed by atoms with Crippen molar-refractivity contribution in [3.63, 3.8) is 0 Å². The third kappa shape index (κ3) is 3.88. The molecule has 16 heavy (non-hydrogen) atoms. The molecule has 0 aliphatic carbocycles. The van der Waals surface area contributed by atoms with Crippen LogP contribution in [0.2, 0.25) is 0 Å². The van der Waals surface area contributed by atoms with E-state index in [0.29, 0.717) is 18.5 Å². The van der Waals surface area contributed by atoms with Gasteiger partial charge in [-0.3, -0.25) is 4.79 Å². The molecule has 0 atom stereocenters. The van der Waals surface area contributed by atoms with E-state index in [-0.39, 0.29) is 17.5 Å². The predicted molar refractivity (Wildman–Crippen MR) is 60.5 cm³/mol. The Balaban J connectivity index is 2.50. The Hall–Kier alpha value is -2.22. The monoisotopic (exact) mass is 219 g/mol. The van der Waals surface area contributed by atoms with Gasteiger partial charge in [0.25, 0.3) is 0 Å². The van der Waals surface area contributed by atoms with E-state index >= 15 is 0 Å². The van der Waals surface area contributed by atoms with Crippen LogP contribution in [-0.4, -0.2) is 22.5 Å². The lowest BCUT2D eigenvalue weighted by Gasteiger charge is -1.97. The molecular formula is C11H13N3O2. The quantitative estimate of drug-likeness (QED) is 0.491. The maximum atomic E-state index is 10.5. The molecule has 0 aliphatic rings. The number of hydrogen-bond acceptors (Lipinski definition) is 4. The normalized spacial score (nSPS) is 9.06. The van der Waals surface area contributed by atoms with Crippen molar-refractivity contribution < 1.29 is 9.90 Å². The van der Waals surface area contributed by atoms with Crippen LogP contribution in [0.1, 0.15) is 18.9 Å². The first-order valence-electron chi connectivity index (χ1n) is 4.77. The molecule has 1 aromatic heterocycles. The van der Waals surface area contributed by atoms with Crippen molar-refractivity contribution in [1.29, 1.82) is 0 Å². The second-order valence-corrected chi connectivity index (χ2v) is 3.16. The highest BCUT2D eigenvalue weighted by Crippen LogP contribution is 2.16. The van der Waals surface area contributed by atoms with Crippen LogP contribution in [0.25, 0.3) is 0 Å². The lowest BCUT2D eigenvalue weighted by molar-refractivity contribution is -0.118. The fraction of sp³-hybridized carbons (Fsp3) is 0.273. The van der Waals surface area contributed by atoms with Crippen molar-refractivity contribution in [1.82, 2.24) is 10.3 Å². The third-order valence-electron chi connectivity index (χ3n) is 1.75. The second-order valence-electron chi connectivity index (χ2n) is 3.16. The van der Waals surface area contributed by atoms with E-state index < -0.39 is 0 Å². The molecule has 0 aliphatic heterocycles. The SMILES string of the molecule is CC(=O)NCCC#Cc1cnc(N)c(O)c1. The molecule has 0 spiro atoms. The van der Waals surface area contributed by atoms with Gasteiger partial charge in [0.2, 0.25) is 5.91 Å². The first-order valence-corrected chi connectivity index (χ1v) is 4.77. The first-order chi connectivity index (χ1) is 7.59. The van der Waals surface area contributed by atoms with Crippen LogP contribution >= 0.6 is 0 Å². The summed E-state index contributed by atoms with van der Waals surface area (Å²) in [6.45, 7) is 1.96. The second kappa shape index (κ2) is 5.61. The Kier molecular flexibility index (Phi) is 4.16. The third-order valence-corrected chi connectivity index (χ3v) is 1.75. The molecule has 0 saturated carbocycles. The number of carbonyl (C=O) groups is 1. The topological polar surface area (TPSA) is 88.2 Å². The maximum Gasteiger partial charge on any atom is 0.216 e. The van der Waals surface area contributed by atoms with E-state index in [0.717, 1.165) is 0 Å². The number of rotatable bonds is 2. The molecule has 4 N–H and O–H groups in total. The predicted octanol–water partition coefficient (Wildman–Crippen LogP) is 0.247. The summed E-state index contributed by atoms with van der Waals surface area (Å²) in [5.74, 6) is 5.59. The highest BCUT2D eigenvalue weighted by molar-refractivity contribution is 5.72. The van der Waals surface area contributed by atoms with E-state index in [4.69, 9.17) is 5.73 Å². The van der Waals surface area contributed by atoms with Crippen LogP contribution in [0.3, 0.4) is 0 Å². The molecule has 1 rings (SSSR count). The Morgan fingerprint density at radius 3 is 3.06 bits per heavy atom. The van der Waals surface area contributed by atoms with Crippen molar-refractivity contribution in [2.24, 2.45) is 0 Å². The number of pyridine rings is 1. The molecule has 0 radical (unpaired) electrons. The lowest BCUT2D eigenvalue weighted by Crippen LogP contribution is -2.20. The Labute approximate surface area is 93.7 Å². The molecule has 1 amide bonds. The largest absolute Gasteiger partial charge is 0.504 e. The first kappa shape index (κ1) is 11.9. The summed E-state index contributed by atoms with van der Waals surface area (Å²) in [4.78, 5) is 14.3. The van der Waals surface area contributed by atoms with Crippen molar-refractivity contribution >= 4 is 11.7 Å². The van der Waals surface area contributed by atoms with Gasteiger partial charge < -0.3 is 16.2 Å². The van der Waals surface area contributed by atoms with Gasteiger partial charge in [0.1, 0.15) is 0 Å². The Morgan fingerprint density at radius 2 is 2.44 bits per heavy atom. The Morgan fingerprint density at radius 1 is 1.69 bits per heavy atom. The summed E-state index contributed by atoms with van der Waals surface area (Å²) >= 11 is 0. The zero-order valence-corrected chi connectivity index (χ0v) is 8.95. The number of nitrogens with one attached hydrogen (secondary N) is 1. The van der Waals surface area contributed by atoms with Crippen molar-refractivity contribution in [3.05, 3.63) is 17.8 Å². The van der Waals surface area contributed by atoms with Crippen LogP contribution in [0.4, 0.5) is 5.82 Å². The van der Waals surface area contributed by atoms with Crippen LogP contribution in [0, 0.1) is 11.8 Å². The molecule has 1 heterocycles. The van der Waals surface area contributed by atoms with Gasteiger partial charge in [-0.25, -0.2) is 4.98 Å². The molecule has 0 fully saturated rings. The Bertz CT molecular complexity index is 446. The maximum absolute atomic E-state index is 10.5. The molecule has 84 valence electrons. The van der Waals surface area contributed by atoms with Gasteiger partial charge in [0, 0.05) is 37.7 Å². The van der Waals surface area contributed by atoms with Crippen molar-refractivity contribution in [3.8, 4) is 17.6 Å². The van der Waals surface area contributed by atoms with E-state index in [9.17, 15) is 9.90 Å². The number of nitrogens with two attached hydrogens (primary N) is 1. The molecular weight excluding hydrogens is 206 g/mol. The van der Waals surface area contributed by atoms with Crippen LogP contribution < -0.4 is 11.1 Å². The number of hydrogen-bond donors (Lipinski definition) is 3. The fourth-order valence-corrected chi connectivity index (χ4v) is 0.998. The van der Waals surface area contributed by atoms with E-state index in [1.54, 1.807) is 0 Å². The number of aromatic hydroxyl groups is 1. The van der Waals surface area contributed by atoms with Gasteiger partial charge in [-0.2, -0.15) is 0 Å². The number of aromatic nitrogens is 1. The summed E-state index contributed by atoms with van der Waals surface area (Å²) in [6, 6.07) is 1.45. The van der Waals surface area contributed by atoms with Gasteiger partial charge in [-0.1, -0.05) is 11.8 Å². The van der Waals surface area contributed by atoms with Crippen LogP contribution in [0.5, 0.6) is 5.75 Å². The van der Waals surface area contributed by atoms with Gasteiger partial charge in [0.15, 0.2) is 11.6 Å². The fourth-order valence-electron chi connectivity index (χ4n) is 0.998. The number of nitrogens with zero attached hydrogens (tertiary/aromatic N) is 1. The molecule has 0 unspecified atom stereocenters. The summed E-state index contributed by atoms with van der Waals surface area (Å²) in [5, 5.41) is 11.9. The van der Waals surface area contributed by atoms with Crippen LogP contribution in [0.15, 0.2) is 12.3 Å². The minimum absolute atomic E-state index is 0.0753. The number of carbonyl (C=O) groups excluding carboxylic acids is 1. The summed E-state index contributed by atoms with van der Waals surface area (Å²) in [5.41, 5.74) is 5.93. The zero-order chi connectivity index (χ0) is 12.0. The van der Waals surface area contributed by atoms with Crippen LogP contribution in [-0.2, 0) is 4.79 Å². The highest BCUT2D eigenvalue weighted by Gasteiger charge is 1.97. The number of amides is 1. The average Bonchev–Trinajstić information content (AvgIpc) is 2.22.